The number of carbonyl (C=O) groups excluding carboxylic acids is 4. The molecule has 4 unspecified atom stereocenters. The molecule has 2 N–H and O–H groups in total. The molecule has 4 atom stereocenters. The summed E-state index contributed by atoms with van der Waals surface area (Å²) in [6.45, 7) is 12.7. The number of nitrogens with one attached hydrogen (secondary N) is 2. The molecule has 12 heteroatoms. The van der Waals surface area contributed by atoms with E-state index in [4.69, 9.17) is 14.5 Å². The Morgan fingerprint density at radius 2 is 1.88 bits per heavy atom. The number of fused-ring (bicyclic) bond motifs is 1. The summed E-state index contributed by atoms with van der Waals surface area (Å²) in [5, 5.41) is 9.03. The molecule has 0 spiro atoms. The van der Waals surface area contributed by atoms with E-state index in [1.165, 1.54) is 36.0 Å². The van der Waals surface area contributed by atoms with Gasteiger partial charge in [-0.15, -0.1) is 17.9 Å². The number of Topliss-reactive ketones (excluding diaryl/α,β-unsaturated/α-hetero) is 1. The van der Waals surface area contributed by atoms with Crippen molar-refractivity contribution in [2.24, 2.45) is 11.8 Å². The van der Waals surface area contributed by atoms with Gasteiger partial charge in [-0.2, -0.15) is 0 Å². The summed E-state index contributed by atoms with van der Waals surface area (Å²) in [5.41, 5.74) is 1.11. The maximum Gasteiger partial charge on any atom is 0.411 e. The van der Waals surface area contributed by atoms with Crippen LogP contribution in [0.4, 0.5) is 9.93 Å². The number of aryl methyl sites for hydroxylation is 1. The smallest absolute Gasteiger partial charge is 0.411 e. The van der Waals surface area contributed by atoms with E-state index in [9.17, 15) is 19.2 Å². The third-order valence-corrected chi connectivity index (χ3v) is 10.4. The van der Waals surface area contributed by atoms with E-state index in [-0.39, 0.29) is 30.6 Å². The van der Waals surface area contributed by atoms with Gasteiger partial charge in [-0.05, 0) is 77.5 Å². The van der Waals surface area contributed by atoms with Gasteiger partial charge in [0.05, 0.1) is 17.8 Å². The zero-order chi connectivity index (χ0) is 35.1. The summed E-state index contributed by atoms with van der Waals surface area (Å²) < 4.78 is 12.3. The van der Waals surface area contributed by atoms with Gasteiger partial charge < -0.3 is 20.1 Å². The molecule has 6 rings (SSSR count). The molecule has 2 aromatic heterocycles. The number of hydrogen-bond donors (Lipinski definition) is 2. The summed E-state index contributed by atoms with van der Waals surface area (Å²) in [5.74, 6) is 0.204. The first kappa shape index (κ1) is 34.5. The molecule has 3 amide bonds. The van der Waals surface area contributed by atoms with E-state index >= 15 is 0 Å². The number of rotatable bonds is 10. The molecule has 2 saturated carbocycles. The summed E-state index contributed by atoms with van der Waals surface area (Å²) in [7, 11) is 0. The van der Waals surface area contributed by atoms with Gasteiger partial charge in [-0.25, -0.2) is 14.8 Å². The minimum atomic E-state index is -1.01. The predicted octanol–water partition coefficient (Wildman–Crippen LogP) is 6.59. The molecule has 0 bridgehead atoms. The molecule has 49 heavy (non-hydrogen) atoms. The lowest BCUT2D eigenvalue weighted by molar-refractivity contribution is -0.130. The third kappa shape index (κ3) is 7.64. The number of benzene rings is 1. The van der Waals surface area contributed by atoms with E-state index in [0.29, 0.717) is 46.5 Å². The number of pyridine rings is 1. The van der Waals surface area contributed by atoms with Crippen LogP contribution in [0, 0.1) is 18.8 Å². The normalized spacial score (nSPS) is 23.7. The van der Waals surface area contributed by atoms with Crippen LogP contribution >= 0.6 is 11.3 Å². The van der Waals surface area contributed by atoms with E-state index in [0.717, 1.165) is 23.8 Å². The highest BCUT2D eigenvalue weighted by Crippen LogP contribution is 2.45. The van der Waals surface area contributed by atoms with E-state index in [1.54, 1.807) is 26.8 Å². The summed E-state index contributed by atoms with van der Waals surface area (Å²) in [4.78, 5) is 63.4. The summed E-state index contributed by atoms with van der Waals surface area (Å²) in [6.07, 6.45) is 6.21. The molecule has 11 nitrogen and oxygen atoms in total. The fourth-order valence-corrected chi connectivity index (χ4v) is 7.70. The molecule has 3 fully saturated rings. The number of ketones is 1. The number of likely N-dealkylation sites (tertiary alicyclic amines) is 1. The highest BCUT2D eigenvalue weighted by Gasteiger charge is 2.58. The van der Waals surface area contributed by atoms with Crippen molar-refractivity contribution in [1.29, 1.82) is 0 Å². The minimum absolute atomic E-state index is 0.0239. The Labute approximate surface area is 290 Å². The fraction of sp³-hybridized carbons (Fsp3) is 0.514. The maximum atomic E-state index is 13.8. The number of hydrogen-bond acceptors (Lipinski definition) is 9. The van der Waals surface area contributed by atoms with Crippen molar-refractivity contribution >= 4 is 51.1 Å². The van der Waals surface area contributed by atoms with Crippen LogP contribution in [0.2, 0.25) is 0 Å². The zero-order valence-electron chi connectivity index (χ0n) is 28.8. The standard InChI is InChI=1S/C37H45N5O6S/c1-7-24-18-37(24,22(3)43)41-33(45)30-16-25(19-42(30)35(46)48-36(4,5)6)47-31-17-28(38-27-14-21(2)12-13-26(27)31)29-20-49-34(39-29)40-32(44)15-23-10-8-9-11-23/h7,12-14,17,20,23-25,30H,1,8-11,15-16,18-19H2,2-6H3,(H,41,45)(H,39,40,44). The Kier molecular flexibility index (Phi) is 9.54. The van der Waals surface area contributed by atoms with Crippen LogP contribution in [0.1, 0.15) is 78.2 Å². The van der Waals surface area contributed by atoms with Gasteiger partial charge in [0, 0.05) is 35.6 Å². The summed E-state index contributed by atoms with van der Waals surface area (Å²) >= 11 is 1.35. The Bertz CT molecular complexity index is 1790. The van der Waals surface area contributed by atoms with Crippen molar-refractivity contribution in [3.8, 4) is 17.1 Å². The minimum Gasteiger partial charge on any atom is -0.488 e. The molecule has 1 saturated heterocycles. The maximum absolute atomic E-state index is 13.8. The average Bonchev–Trinajstić information content (AvgIpc) is 3.44. The lowest BCUT2D eigenvalue weighted by Gasteiger charge is -2.28. The van der Waals surface area contributed by atoms with Crippen LogP contribution in [0.15, 0.2) is 42.3 Å². The fourth-order valence-electron chi connectivity index (χ4n) is 6.98. The zero-order valence-corrected chi connectivity index (χ0v) is 29.7. The molecule has 0 radical (unpaired) electrons. The van der Waals surface area contributed by atoms with Crippen molar-refractivity contribution in [3.05, 3.63) is 47.9 Å². The SMILES string of the molecule is C=CC1CC1(NC(=O)C1CC(Oc2cc(-c3csc(NC(=O)CC4CCCC4)n3)nc3cc(C)ccc23)CN1C(=O)OC(C)(C)C)C(C)=O. The molecular formula is C37H45N5O6S. The molecule has 1 aromatic carbocycles. The highest BCUT2D eigenvalue weighted by molar-refractivity contribution is 7.14. The van der Waals surface area contributed by atoms with Crippen molar-refractivity contribution in [3.63, 3.8) is 0 Å². The van der Waals surface area contributed by atoms with Gasteiger partial charge in [-0.1, -0.05) is 25.0 Å². The summed E-state index contributed by atoms with van der Waals surface area (Å²) in [6, 6.07) is 6.78. The Balaban J connectivity index is 1.25. The van der Waals surface area contributed by atoms with Gasteiger partial charge in [0.15, 0.2) is 10.9 Å². The van der Waals surface area contributed by atoms with Crippen LogP contribution < -0.4 is 15.4 Å². The predicted molar refractivity (Wildman–Crippen MR) is 188 cm³/mol. The molecular weight excluding hydrogens is 643 g/mol. The molecule has 3 aromatic rings. The largest absolute Gasteiger partial charge is 0.488 e. The topological polar surface area (TPSA) is 140 Å². The van der Waals surface area contributed by atoms with Crippen molar-refractivity contribution < 1.29 is 28.7 Å². The Hall–Kier alpha value is -4.32. The second-order valence-electron chi connectivity index (χ2n) is 14.7. The third-order valence-electron chi connectivity index (χ3n) is 9.65. The van der Waals surface area contributed by atoms with Crippen LogP contribution in [0.5, 0.6) is 5.75 Å². The van der Waals surface area contributed by atoms with Crippen LogP contribution in [0.3, 0.4) is 0 Å². The Morgan fingerprint density at radius 1 is 1.12 bits per heavy atom. The molecule has 3 aliphatic rings. The average molecular weight is 688 g/mol. The number of amides is 3. The number of thiazole rings is 1. The molecule has 3 heterocycles. The second kappa shape index (κ2) is 13.5. The van der Waals surface area contributed by atoms with Crippen LogP contribution in [-0.4, -0.2) is 68.4 Å². The second-order valence-corrected chi connectivity index (χ2v) is 15.5. The van der Waals surface area contributed by atoms with Gasteiger partial charge in [0.2, 0.25) is 11.8 Å². The number of anilines is 1. The van der Waals surface area contributed by atoms with Crippen molar-refractivity contribution in [2.75, 3.05) is 11.9 Å². The Morgan fingerprint density at radius 3 is 2.55 bits per heavy atom. The van der Waals surface area contributed by atoms with E-state index in [2.05, 4.69) is 22.2 Å². The first-order valence-electron chi connectivity index (χ1n) is 17.0. The molecule has 1 aliphatic heterocycles. The quantitative estimate of drug-likeness (QED) is 0.228. The van der Waals surface area contributed by atoms with Gasteiger partial charge in [0.25, 0.3) is 0 Å². The molecule has 2 aliphatic carbocycles. The van der Waals surface area contributed by atoms with E-state index < -0.39 is 35.3 Å². The lowest BCUT2D eigenvalue weighted by Crippen LogP contribution is -2.53. The first-order chi connectivity index (χ1) is 23.2. The van der Waals surface area contributed by atoms with Crippen molar-refractivity contribution in [2.45, 2.75) is 103 Å². The number of aromatic nitrogens is 2. The number of ether oxygens (including phenoxy) is 2. The number of nitrogens with zero attached hydrogens (tertiary/aromatic N) is 3. The van der Waals surface area contributed by atoms with Crippen LogP contribution in [0.25, 0.3) is 22.3 Å². The van der Waals surface area contributed by atoms with Crippen LogP contribution in [-0.2, 0) is 19.1 Å². The van der Waals surface area contributed by atoms with Gasteiger partial charge >= 0.3 is 6.09 Å². The molecule has 260 valence electrons. The van der Waals surface area contributed by atoms with Gasteiger partial charge in [0.1, 0.15) is 34.7 Å². The highest BCUT2D eigenvalue weighted by atomic mass is 32.1. The first-order valence-corrected chi connectivity index (χ1v) is 17.9. The lowest BCUT2D eigenvalue weighted by atomic mass is 10.0. The van der Waals surface area contributed by atoms with E-state index in [1.807, 2.05) is 36.6 Å². The van der Waals surface area contributed by atoms with Crippen molar-refractivity contribution in [1.82, 2.24) is 20.2 Å². The monoisotopic (exact) mass is 687 g/mol. The number of carbonyl (C=O) groups is 4. The van der Waals surface area contributed by atoms with Gasteiger partial charge in [-0.3, -0.25) is 19.3 Å².